The van der Waals surface area contributed by atoms with Crippen LogP contribution in [0.4, 0.5) is 5.69 Å². The smallest absolute Gasteiger partial charge is 0.162 e. The van der Waals surface area contributed by atoms with Gasteiger partial charge in [-0.3, -0.25) is 4.79 Å². The van der Waals surface area contributed by atoms with Crippen LogP contribution in [0.5, 0.6) is 5.75 Å². The molecule has 160 valence electrons. The normalized spacial score (nSPS) is 19.1. The van der Waals surface area contributed by atoms with Crippen molar-refractivity contribution in [3.8, 4) is 18.1 Å². The maximum absolute atomic E-state index is 13.6. The number of ether oxygens (including phenoxy) is 1. The molecule has 4 heteroatoms. The number of nitrogens with one attached hydrogen (secondary N) is 1. The minimum atomic E-state index is -0.299. The summed E-state index contributed by atoms with van der Waals surface area (Å²) in [7, 11) is 0. The number of ketones is 1. The average molecular weight is 486 g/mol. The zero-order chi connectivity index (χ0) is 22.5. The Morgan fingerprint density at radius 3 is 2.78 bits per heavy atom. The van der Waals surface area contributed by atoms with Gasteiger partial charge in [-0.25, -0.2) is 0 Å². The summed E-state index contributed by atoms with van der Waals surface area (Å²) in [6, 6.07) is 18.2. The molecule has 0 saturated carbocycles. The van der Waals surface area contributed by atoms with Crippen molar-refractivity contribution >= 4 is 43.7 Å². The van der Waals surface area contributed by atoms with Crippen molar-refractivity contribution in [2.24, 2.45) is 5.41 Å². The van der Waals surface area contributed by atoms with Gasteiger partial charge < -0.3 is 10.1 Å². The molecule has 1 atom stereocenters. The fourth-order valence-electron chi connectivity index (χ4n) is 5.07. The van der Waals surface area contributed by atoms with Crippen molar-refractivity contribution < 1.29 is 9.53 Å². The Bertz CT molecular complexity index is 1330. The molecule has 0 radical (unpaired) electrons. The van der Waals surface area contributed by atoms with Crippen LogP contribution in [0, 0.1) is 17.8 Å². The van der Waals surface area contributed by atoms with Gasteiger partial charge in [0.2, 0.25) is 0 Å². The quantitative estimate of drug-likeness (QED) is 0.409. The monoisotopic (exact) mass is 485 g/mol. The largest absolute Gasteiger partial charge is 0.481 e. The third-order valence-electron chi connectivity index (χ3n) is 6.33. The van der Waals surface area contributed by atoms with Crippen LogP contribution < -0.4 is 10.1 Å². The number of benzene rings is 3. The Balaban J connectivity index is 1.78. The second-order valence-electron chi connectivity index (χ2n) is 9.29. The van der Waals surface area contributed by atoms with E-state index >= 15 is 0 Å². The van der Waals surface area contributed by atoms with Crippen molar-refractivity contribution in [2.75, 3.05) is 11.9 Å². The van der Waals surface area contributed by atoms with Gasteiger partial charge in [-0.1, -0.05) is 66.0 Å². The van der Waals surface area contributed by atoms with E-state index in [1.165, 1.54) is 10.8 Å². The zero-order valence-electron chi connectivity index (χ0n) is 18.2. The molecule has 1 heterocycles. The van der Waals surface area contributed by atoms with Crippen LogP contribution in [-0.2, 0) is 4.79 Å². The summed E-state index contributed by atoms with van der Waals surface area (Å²) in [4.78, 5) is 13.6. The molecule has 3 aromatic rings. The summed E-state index contributed by atoms with van der Waals surface area (Å²) >= 11 is 3.59. The van der Waals surface area contributed by atoms with Crippen molar-refractivity contribution in [2.45, 2.75) is 32.7 Å². The van der Waals surface area contributed by atoms with Crippen LogP contribution >= 0.6 is 15.9 Å². The fraction of sp³-hybridized carbons (Fsp3) is 0.250. The van der Waals surface area contributed by atoms with Gasteiger partial charge in [0.05, 0.1) is 6.04 Å². The topological polar surface area (TPSA) is 38.3 Å². The van der Waals surface area contributed by atoms with Gasteiger partial charge in [0.1, 0.15) is 12.4 Å². The lowest BCUT2D eigenvalue weighted by molar-refractivity contribution is -0.118. The van der Waals surface area contributed by atoms with E-state index < -0.39 is 0 Å². The number of Topliss-reactive ketones (excluding diaryl/α,β-unsaturated/α-hetero) is 1. The van der Waals surface area contributed by atoms with E-state index in [4.69, 9.17) is 11.2 Å². The molecule has 5 rings (SSSR count). The van der Waals surface area contributed by atoms with Crippen molar-refractivity contribution in [3.63, 3.8) is 0 Å². The summed E-state index contributed by atoms with van der Waals surface area (Å²) in [6.45, 7) is 4.53. The number of halogens is 1. The van der Waals surface area contributed by atoms with Crippen molar-refractivity contribution in [3.05, 3.63) is 75.8 Å². The first-order chi connectivity index (χ1) is 15.4. The maximum Gasteiger partial charge on any atom is 0.162 e. The SMILES string of the molecule is C#CCOc1ccc(Br)cc1[C@H]1Nc2ccc3ccccc3c2C2=C1C(=O)CC(C)(C)C2. The molecular weight excluding hydrogens is 462 g/mol. The molecule has 1 N–H and O–H groups in total. The standard InChI is InChI=1S/C28H24BrNO2/c1-4-13-32-24-12-10-18(29)14-20(24)27-26-21(15-28(2,3)16-23(26)31)25-19-8-6-5-7-17(19)9-11-22(25)30-27/h1,5-12,14,27,30H,13,15-16H2,2-3H3/t27-/m1/s1. The highest BCUT2D eigenvalue weighted by Gasteiger charge is 2.41. The van der Waals surface area contributed by atoms with Gasteiger partial charge in [-0.05, 0) is 52.4 Å². The molecule has 1 aliphatic heterocycles. The summed E-state index contributed by atoms with van der Waals surface area (Å²) in [5.41, 5.74) is 5.00. The number of carbonyl (C=O) groups excluding carboxylic acids is 1. The molecule has 3 aromatic carbocycles. The van der Waals surface area contributed by atoms with E-state index in [1.807, 2.05) is 18.2 Å². The number of allylic oxidation sites excluding steroid dienone is 1. The Hall–Kier alpha value is -3.03. The van der Waals surface area contributed by atoms with Gasteiger partial charge in [-0.15, -0.1) is 6.42 Å². The van der Waals surface area contributed by atoms with Crippen LogP contribution in [0.1, 0.15) is 43.9 Å². The molecule has 1 aliphatic carbocycles. The molecule has 3 nitrogen and oxygen atoms in total. The van der Waals surface area contributed by atoms with Gasteiger partial charge in [0.15, 0.2) is 5.78 Å². The molecular formula is C28H24BrNO2. The number of terminal acetylenes is 1. The molecule has 0 fully saturated rings. The van der Waals surface area contributed by atoms with Crippen LogP contribution in [0.25, 0.3) is 16.3 Å². The molecule has 2 aliphatic rings. The highest BCUT2D eigenvalue weighted by atomic mass is 79.9. The Kier molecular flexibility index (Phi) is 5.10. The minimum absolute atomic E-state index is 0.0912. The Morgan fingerprint density at radius 2 is 1.97 bits per heavy atom. The number of hydrogen-bond donors (Lipinski definition) is 1. The first kappa shape index (κ1) is 20.8. The van der Waals surface area contributed by atoms with Crippen LogP contribution in [0.2, 0.25) is 0 Å². The lowest BCUT2D eigenvalue weighted by atomic mass is 9.68. The van der Waals surface area contributed by atoms with E-state index in [1.54, 1.807) is 0 Å². The number of carbonyl (C=O) groups is 1. The van der Waals surface area contributed by atoms with Crippen LogP contribution in [0.3, 0.4) is 0 Å². The predicted molar refractivity (Wildman–Crippen MR) is 134 cm³/mol. The molecule has 0 bridgehead atoms. The molecule has 0 aromatic heterocycles. The predicted octanol–water partition coefficient (Wildman–Crippen LogP) is 6.92. The number of fused-ring (bicyclic) bond motifs is 4. The third kappa shape index (κ3) is 3.51. The first-order valence-electron chi connectivity index (χ1n) is 10.8. The number of anilines is 1. The fourth-order valence-corrected chi connectivity index (χ4v) is 5.45. The van der Waals surface area contributed by atoms with Gasteiger partial charge in [-0.2, -0.15) is 0 Å². The average Bonchev–Trinajstić information content (AvgIpc) is 2.76. The van der Waals surface area contributed by atoms with Gasteiger partial charge >= 0.3 is 0 Å². The van der Waals surface area contributed by atoms with Gasteiger partial charge in [0, 0.05) is 33.3 Å². The Morgan fingerprint density at radius 1 is 1.16 bits per heavy atom. The van der Waals surface area contributed by atoms with E-state index in [-0.39, 0.29) is 23.8 Å². The van der Waals surface area contributed by atoms with E-state index in [2.05, 4.69) is 77.4 Å². The second-order valence-corrected chi connectivity index (χ2v) is 10.2. The maximum atomic E-state index is 13.6. The van der Waals surface area contributed by atoms with E-state index in [0.717, 1.165) is 38.9 Å². The first-order valence-corrected chi connectivity index (χ1v) is 11.6. The highest BCUT2D eigenvalue weighted by molar-refractivity contribution is 9.10. The lowest BCUT2D eigenvalue weighted by Gasteiger charge is -2.40. The van der Waals surface area contributed by atoms with Crippen LogP contribution in [-0.4, -0.2) is 12.4 Å². The highest BCUT2D eigenvalue weighted by Crippen LogP contribution is 2.53. The summed E-state index contributed by atoms with van der Waals surface area (Å²) in [6.07, 6.45) is 6.82. The van der Waals surface area contributed by atoms with E-state index in [0.29, 0.717) is 12.2 Å². The second kappa shape index (κ2) is 7.83. The number of hydrogen-bond acceptors (Lipinski definition) is 3. The summed E-state index contributed by atoms with van der Waals surface area (Å²) in [5.74, 6) is 3.42. The molecule has 0 saturated heterocycles. The third-order valence-corrected chi connectivity index (χ3v) is 6.83. The molecule has 0 amide bonds. The zero-order valence-corrected chi connectivity index (χ0v) is 19.8. The number of rotatable bonds is 3. The van der Waals surface area contributed by atoms with E-state index in [9.17, 15) is 4.79 Å². The van der Waals surface area contributed by atoms with Gasteiger partial charge in [0.25, 0.3) is 0 Å². The van der Waals surface area contributed by atoms with Crippen molar-refractivity contribution in [1.29, 1.82) is 0 Å². The minimum Gasteiger partial charge on any atom is -0.481 e. The molecule has 32 heavy (non-hydrogen) atoms. The summed E-state index contributed by atoms with van der Waals surface area (Å²) in [5, 5.41) is 6.02. The van der Waals surface area contributed by atoms with Crippen molar-refractivity contribution in [1.82, 2.24) is 0 Å². The Labute approximate surface area is 197 Å². The lowest BCUT2D eigenvalue weighted by Crippen LogP contribution is -2.33. The molecule has 0 unspecified atom stereocenters. The summed E-state index contributed by atoms with van der Waals surface area (Å²) < 4.78 is 6.81. The van der Waals surface area contributed by atoms with Crippen LogP contribution in [0.15, 0.2) is 64.6 Å². The molecule has 0 spiro atoms.